The molecule has 2 unspecified atom stereocenters. The highest BCUT2D eigenvalue weighted by Crippen LogP contribution is 2.19. The molecule has 4 N–H and O–H groups in total. The van der Waals surface area contributed by atoms with Gasteiger partial charge in [0.2, 0.25) is 11.8 Å². The van der Waals surface area contributed by atoms with Crippen LogP contribution in [0.3, 0.4) is 0 Å². The molecule has 1 aliphatic rings. The quantitative estimate of drug-likeness (QED) is 0.554. The summed E-state index contributed by atoms with van der Waals surface area (Å²) in [5.41, 5.74) is 5.93. The van der Waals surface area contributed by atoms with Gasteiger partial charge in [-0.2, -0.15) is 11.8 Å². The van der Waals surface area contributed by atoms with Crippen molar-refractivity contribution in [2.24, 2.45) is 17.6 Å². The molecule has 144 valence electrons. The number of nitrogens with zero attached hydrogens (tertiary/aromatic N) is 1. The average Bonchev–Trinajstić information content (AvgIpc) is 2.57. The third kappa shape index (κ3) is 7.23. The summed E-state index contributed by atoms with van der Waals surface area (Å²) in [5, 5.41) is 11.9. The lowest BCUT2D eigenvalue weighted by Crippen LogP contribution is -2.50. The maximum Gasteiger partial charge on any atom is 0.326 e. The molecule has 1 aliphatic heterocycles. The van der Waals surface area contributed by atoms with Crippen molar-refractivity contribution in [3.8, 4) is 0 Å². The van der Waals surface area contributed by atoms with E-state index in [4.69, 9.17) is 5.73 Å². The van der Waals surface area contributed by atoms with E-state index < -0.39 is 18.1 Å². The van der Waals surface area contributed by atoms with Crippen LogP contribution in [0.5, 0.6) is 0 Å². The summed E-state index contributed by atoms with van der Waals surface area (Å²) in [6.45, 7) is 4.83. The zero-order valence-electron chi connectivity index (χ0n) is 15.4. The van der Waals surface area contributed by atoms with Gasteiger partial charge in [-0.3, -0.25) is 9.59 Å². The molecule has 0 aromatic heterocycles. The second-order valence-electron chi connectivity index (χ2n) is 7.02. The number of likely N-dealkylation sites (tertiary alicyclic amines) is 1. The van der Waals surface area contributed by atoms with Crippen LogP contribution < -0.4 is 11.1 Å². The predicted molar refractivity (Wildman–Crippen MR) is 99.3 cm³/mol. The van der Waals surface area contributed by atoms with E-state index in [1.807, 2.05) is 20.1 Å². The fourth-order valence-electron chi connectivity index (χ4n) is 2.95. The molecule has 1 saturated heterocycles. The Balaban J connectivity index is 2.48. The van der Waals surface area contributed by atoms with Crippen molar-refractivity contribution in [1.82, 2.24) is 10.2 Å². The molecule has 2 atom stereocenters. The minimum Gasteiger partial charge on any atom is -0.480 e. The van der Waals surface area contributed by atoms with E-state index in [2.05, 4.69) is 5.32 Å². The van der Waals surface area contributed by atoms with E-state index in [0.29, 0.717) is 38.8 Å². The number of aliphatic carboxylic acids is 1. The number of thioether (sulfide) groups is 1. The summed E-state index contributed by atoms with van der Waals surface area (Å²) in [6, 6.07) is -1.34. The van der Waals surface area contributed by atoms with E-state index >= 15 is 0 Å². The summed E-state index contributed by atoms with van der Waals surface area (Å²) < 4.78 is 0. The number of piperidine rings is 1. The summed E-state index contributed by atoms with van der Waals surface area (Å²) in [5.74, 6) is -0.514. The second-order valence-corrected chi connectivity index (χ2v) is 8.00. The standard InChI is InChI=1S/C17H31N3O4S/c1-11(2)10-14(17(23)24)19-15(21)12-4-7-20(8-5-12)16(22)13(18)6-9-25-3/h11-14H,4-10,18H2,1-3H3,(H,19,21)(H,23,24). The third-order valence-electron chi connectivity index (χ3n) is 4.45. The van der Waals surface area contributed by atoms with Crippen LogP contribution in [0.2, 0.25) is 0 Å². The van der Waals surface area contributed by atoms with Crippen LogP contribution in [0.1, 0.15) is 39.5 Å². The highest BCUT2D eigenvalue weighted by molar-refractivity contribution is 7.98. The van der Waals surface area contributed by atoms with Gasteiger partial charge in [-0.1, -0.05) is 13.8 Å². The second kappa shape index (κ2) is 10.7. The summed E-state index contributed by atoms with van der Waals surface area (Å²) in [6.07, 6.45) is 4.12. The van der Waals surface area contributed by atoms with Crippen molar-refractivity contribution in [3.63, 3.8) is 0 Å². The first-order valence-corrected chi connectivity index (χ1v) is 10.2. The number of hydrogen-bond donors (Lipinski definition) is 3. The first-order chi connectivity index (χ1) is 11.8. The van der Waals surface area contributed by atoms with E-state index in [1.165, 1.54) is 0 Å². The van der Waals surface area contributed by atoms with Gasteiger partial charge >= 0.3 is 5.97 Å². The maximum atomic E-state index is 12.3. The molecule has 8 heteroatoms. The summed E-state index contributed by atoms with van der Waals surface area (Å²) in [7, 11) is 0. The SMILES string of the molecule is CSCCC(N)C(=O)N1CCC(C(=O)NC(CC(C)C)C(=O)O)CC1. The fourth-order valence-corrected chi connectivity index (χ4v) is 3.44. The molecule has 0 radical (unpaired) electrons. The van der Waals surface area contributed by atoms with E-state index in [1.54, 1.807) is 16.7 Å². The molecular weight excluding hydrogens is 342 g/mol. The maximum absolute atomic E-state index is 12.3. The lowest BCUT2D eigenvalue weighted by molar-refractivity contribution is -0.143. The van der Waals surface area contributed by atoms with Crippen molar-refractivity contribution >= 4 is 29.5 Å². The summed E-state index contributed by atoms with van der Waals surface area (Å²) >= 11 is 1.66. The fraction of sp³-hybridized carbons (Fsp3) is 0.824. The number of carboxylic acids is 1. The van der Waals surface area contributed by atoms with Crippen LogP contribution in [0, 0.1) is 11.8 Å². The first-order valence-electron chi connectivity index (χ1n) is 8.82. The van der Waals surface area contributed by atoms with Crippen LogP contribution in [0.25, 0.3) is 0 Å². The van der Waals surface area contributed by atoms with Crippen LogP contribution in [0.4, 0.5) is 0 Å². The van der Waals surface area contributed by atoms with Crippen LogP contribution in [0.15, 0.2) is 0 Å². The molecule has 0 bridgehead atoms. The van der Waals surface area contributed by atoms with Crippen molar-refractivity contribution in [3.05, 3.63) is 0 Å². The van der Waals surface area contributed by atoms with Gasteiger partial charge in [0, 0.05) is 19.0 Å². The Hall–Kier alpha value is -1.28. The van der Waals surface area contributed by atoms with Crippen molar-refractivity contribution in [2.75, 3.05) is 25.1 Å². The largest absolute Gasteiger partial charge is 0.480 e. The molecule has 0 spiro atoms. The monoisotopic (exact) mass is 373 g/mol. The molecule has 7 nitrogen and oxygen atoms in total. The summed E-state index contributed by atoms with van der Waals surface area (Å²) in [4.78, 5) is 37.6. The van der Waals surface area contributed by atoms with Crippen LogP contribution in [-0.2, 0) is 14.4 Å². The van der Waals surface area contributed by atoms with Crippen molar-refractivity contribution in [1.29, 1.82) is 0 Å². The van der Waals surface area contributed by atoms with Gasteiger partial charge in [0.15, 0.2) is 0 Å². The minimum absolute atomic E-state index is 0.0591. The Kier molecular flexibility index (Phi) is 9.27. The zero-order valence-corrected chi connectivity index (χ0v) is 16.2. The zero-order chi connectivity index (χ0) is 19.0. The van der Waals surface area contributed by atoms with Crippen LogP contribution in [-0.4, -0.2) is 65.0 Å². The van der Waals surface area contributed by atoms with Gasteiger partial charge in [-0.15, -0.1) is 0 Å². The number of nitrogens with two attached hydrogens (primary N) is 1. The minimum atomic E-state index is -1.01. The van der Waals surface area contributed by atoms with Gasteiger partial charge < -0.3 is 21.1 Å². The molecule has 1 fully saturated rings. The van der Waals surface area contributed by atoms with Crippen molar-refractivity contribution in [2.45, 2.75) is 51.6 Å². The van der Waals surface area contributed by atoms with E-state index in [9.17, 15) is 19.5 Å². The average molecular weight is 374 g/mol. The number of hydrogen-bond acceptors (Lipinski definition) is 5. The molecule has 1 heterocycles. The topological polar surface area (TPSA) is 113 Å². The number of amides is 2. The Morgan fingerprint density at radius 1 is 1.28 bits per heavy atom. The van der Waals surface area contributed by atoms with Gasteiger partial charge in [-0.05, 0) is 43.6 Å². The molecule has 0 aromatic rings. The Morgan fingerprint density at radius 3 is 2.36 bits per heavy atom. The molecule has 0 saturated carbocycles. The van der Waals surface area contributed by atoms with E-state index in [-0.39, 0.29) is 23.7 Å². The van der Waals surface area contributed by atoms with Gasteiger partial charge in [0.05, 0.1) is 6.04 Å². The Morgan fingerprint density at radius 2 is 1.88 bits per heavy atom. The van der Waals surface area contributed by atoms with Crippen molar-refractivity contribution < 1.29 is 19.5 Å². The lowest BCUT2D eigenvalue weighted by atomic mass is 9.94. The normalized spacial score (nSPS) is 18.0. The molecule has 1 rings (SSSR count). The third-order valence-corrected chi connectivity index (χ3v) is 5.09. The van der Waals surface area contributed by atoms with Gasteiger partial charge in [-0.25, -0.2) is 4.79 Å². The van der Waals surface area contributed by atoms with Crippen LogP contribution >= 0.6 is 11.8 Å². The van der Waals surface area contributed by atoms with Gasteiger partial charge in [0.1, 0.15) is 6.04 Å². The molecule has 0 aliphatic carbocycles. The lowest BCUT2D eigenvalue weighted by Gasteiger charge is -2.33. The number of rotatable bonds is 9. The molecule has 0 aromatic carbocycles. The molecular formula is C17H31N3O4S. The highest BCUT2D eigenvalue weighted by atomic mass is 32.2. The Bertz CT molecular complexity index is 465. The number of carbonyl (C=O) groups is 3. The van der Waals surface area contributed by atoms with Gasteiger partial charge in [0.25, 0.3) is 0 Å². The predicted octanol–water partition coefficient (Wildman–Crippen LogP) is 0.921. The Labute approximate surface area is 154 Å². The highest BCUT2D eigenvalue weighted by Gasteiger charge is 2.31. The number of carboxylic acid groups (broad SMARTS) is 1. The number of carbonyl (C=O) groups excluding carboxylic acids is 2. The number of nitrogens with one attached hydrogen (secondary N) is 1. The van der Waals surface area contributed by atoms with E-state index in [0.717, 1.165) is 5.75 Å². The molecule has 25 heavy (non-hydrogen) atoms. The smallest absolute Gasteiger partial charge is 0.326 e. The first kappa shape index (κ1) is 21.8. The molecule has 2 amide bonds.